The quantitative estimate of drug-likeness (QED) is 0.543. The van der Waals surface area contributed by atoms with Crippen LogP contribution in [0.1, 0.15) is 37.5 Å². The van der Waals surface area contributed by atoms with Crippen molar-refractivity contribution in [1.29, 1.82) is 0 Å². The number of fused-ring (bicyclic) bond motifs is 1. The van der Waals surface area contributed by atoms with Crippen molar-refractivity contribution in [1.82, 2.24) is 4.90 Å². The molecule has 3 rings (SSSR count). The van der Waals surface area contributed by atoms with Gasteiger partial charge in [-0.05, 0) is 36.8 Å². The molecule has 1 heterocycles. The Hall–Kier alpha value is -3.39. The number of methoxy groups -OCH3 is 3. The van der Waals surface area contributed by atoms with Gasteiger partial charge in [-0.2, -0.15) is 0 Å². The molecule has 0 atom stereocenters. The van der Waals surface area contributed by atoms with E-state index in [1.165, 1.54) is 37.3 Å². The number of ether oxygens (including phenoxy) is 3. The highest BCUT2D eigenvalue weighted by Crippen LogP contribution is 2.30. The van der Waals surface area contributed by atoms with Crippen LogP contribution in [0.5, 0.6) is 11.5 Å². The first-order valence-corrected chi connectivity index (χ1v) is 9.02. The molecule has 1 N–H and O–H groups in total. The summed E-state index contributed by atoms with van der Waals surface area (Å²) >= 11 is 0. The SMILES string of the molecule is COCCCN1C(=O)c2ccc(C(=O)Nc3ccc(OC)c(OC)c3)cc2C1=O. The molecular formula is C21H22N2O6. The highest BCUT2D eigenvalue weighted by atomic mass is 16.5. The topological polar surface area (TPSA) is 94.2 Å². The van der Waals surface area contributed by atoms with Gasteiger partial charge >= 0.3 is 0 Å². The molecule has 2 aromatic carbocycles. The van der Waals surface area contributed by atoms with Crippen LogP contribution in [0.2, 0.25) is 0 Å². The Morgan fingerprint density at radius 1 is 0.931 bits per heavy atom. The van der Waals surface area contributed by atoms with Gasteiger partial charge in [-0.25, -0.2) is 0 Å². The fourth-order valence-electron chi connectivity index (χ4n) is 3.12. The lowest BCUT2D eigenvalue weighted by Gasteiger charge is -2.12. The third kappa shape index (κ3) is 4.07. The Labute approximate surface area is 168 Å². The normalized spacial score (nSPS) is 12.7. The highest BCUT2D eigenvalue weighted by molar-refractivity contribution is 6.22. The minimum absolute atomic E-state index is 0.229. The Kier molecular flexibility index (Phi) is 6.13. The fourth-order valence-corrected chi connectivity index (χ4v) is 3.12. The minimum atomic E-state index is -0.405. The summed E-state index contributed by atoms with van der Waals surface area (Å²) in [6.45, 7) is 0.722. The van der Waals surface area contributed by atoms with Gasteiger partial charge in [0.25, 0.3) is 17.7 Å². The smallest absolute Gasteiger partial charge is 0.261 e. The molecule has 152 valence electrons. The van der Waals surface area contributed by atoms with Crippen LogP contribution in [-0.4, -0.2) is 57.1 Å². The van der Waals surface area contributed by atoms with E-state index < -0.39 is 11.8 Å². The second-order valence-corrected chi connectivity index (χ2v) is 6.39. The second kappa shape index (κ2) is 8.74. The van der Waals surface area contributed by atoms with Gasteiger partial charge in [0.15, 0.2) is 11.5 Å². The first-order valence-electron chi connectivity index (χ1n) is 9.02. The number of carbonyl (C=O) groups excluding carboxylic acids is 3. The van der Waals surface area contributed by atoms with Crippen LogP contribution in [0, 0.1) is 0 Å². The van der Waals surface area contributed by atoms with Crippen molar-refractivity contribution in [2.24, 2.45) is 0 Å². The zero-order valence-corrected chi connectivity index (χ0v) is 16.5. The van der Waals surface area contributed by atoms with Crippen molar-refractivity contribution >= 4 is 23.4 Å². The zero-order valence-electron chi connectivity index (χ0n) is 16.5. The Balaban J connectivity index is 1.78. The molecule has 0 fully saturated rings. The number of nitrogens with zero attached hydrogens (tertiary/aromatic N) is 1. The van der Waals surface area contributed by atoms with Crippen LogP contribution in [0.25, 0.3) is 0 Å². The number of carbonyl (C=O) groups is 3. The number of rotatable bonds is 8. The predicted molar refractivity (Wildman–Crippen MR) is 106 cm³/mol. The molecule has 8 nitrogen and oxygen atoms in total. The van der Waals surface area contributed by atoms with Crippen LogP contribution >= 0.6 is 0 Å². The molecule has 0 saturated heterocycles. The lowest BCUT2D eigenvalue weighted by Crippen LogP contribution is -2.31. The predicted octanol–water partition coefficient (Wildman–Crippen LogP) is 2.59. The minimum Gasteiger partial charge on any atom is -0.493 e. The largest absolute Gasteiger partial charge is 0.493 e. The molecular weight excluding hydrogens is 376 g/mol. The number of imide groups is 1. The Morgan fingerprint density at radius 2 is 1.66 bits per heavy atom. The van der Waals surface area contributed by atoms with E-state index in [1.54, 1.807) is 25.3 Å². The van der Waals surface area contributed by atoms with Crippen LogP contribution in [0.4, 0.5) is 5.69 Å². The van der Waals surface area contributed by atoms with Crippen molar-refractivity contribution in [2.75, 3.05) is 39.8 Å². The maximum atomic E-state index is 12.6. The average molecular weight is 398 g/mol. The zero-order chi connectivity index (χ0) is 21.0. The Morgan fingerprint density at radius 3 is 2.34 bits per heavy atom. The van der Waals surface area contributed by atoms with E-state index in [9.17, 15) is 14.4 Å². The average Bonchev–Trinajstić information content (AvgIpc) is 2.98. The first kappa shape index (κ1) is 20.3. The highest BCUT2D eigenvalue weighted by Gasteiger charge is 2.35. The molecule has 0 unspecified atom stereocenters. The van der Waals surface area contributed by atoms with Gasteiger partial charge in [0.1, 0.15) is 0 Å². The monoisotopic (exact) mass is 398 g/mol. The van der Waals surface area contributed by atoms with E-state index >= 15 is 0 Å². The van der Waals surface area contributed by atoms with Gasteiger partial charge in [-0.3, -0.25) is 19.3 Å². The first-order chi connectivity index (χ1) is 14.0. The van der Waals surface area contributed by atoms with Gasteiger partial charge in [0.05, 0.1) is 25.3 Å². The molecule has 29 heavy (non-hydrogen) atoms. The fraction of sp³-hybridized carbons (Fsp3) is 0.286. The van der Waals surface area contributed by atoms with Crippen LogP contribution in [0.15, 0.2) is 36.4 Å². The molecule has 0 spiro atoms. The van der Waals surface area contributed by atoms with Crippen molar-refractivity contribution < 1.29 is 28.6 Å². The summed E-state index contributed by atoms with van der Waals surface area (Å²) in [5, 5.41) is 2.75. The summed E-state index contributed by atoms with van der Waals surface area (Å²) in [5.74, 6) is -0.139. The molecule has 0 aromatic heterocycles. The summed E-state index contributed by atoms with van der Waals surface area (Å²) in [7, 11) is 4.59. The number of benzene rings is 2. The van der Waals surface area contributed by atoms with Crippen LogP contribution in [0.3, 0.4) is 0 Å². The van der Waals surface area contributed by atoms with Crippen molar-refractivity contribution in [3.8, 4) is 11.5 Å². The molecule has 2 aromatic rings. The summed E-state index contributed by atoms with van der Waals surface area (Å²) in [6.07, 6.45) is 0.550. The number of anilines is 1. The van der Waals surface area contributed by atoms with Gasteiger partial charge < -0.3 is 19.5 Å². The lowest BCUT2D eigenvalue weighted by atomic mass is 10.1. The van der Waals surface area contributed by atoms with Crippen molar-refractivity contribution in [3.05, 3.63) is 53.1 Å². The third-order valence-corrected chi connectivity index (χ3v) is 4.60. The number of nitrogens with one attached hydrogen (secondary N) is 1. The third-order valence-electron chi connectivity index (χ3n) is 4.60. The lowest BCUT2D eigenvalue weighted by molar-refractivity contribution is 0.0638. The van der Waals surface area contributed by atoms with E-state index in [-0.39, 0.29) is 23.6 Å². The molecule has 8 heteroatoms. The molecule has 1 aliphatic heterocycles. The van der Waals surface area contributed by atoms with E-state index in [2.05, 4.69) is 5.32 Å². The molecule has 0 bridgehead atoms. The number of amides is 3. The van der Waals surface area contributed by atoms with E-state index in [0.717, 1.165) is 0 Å². The second-order valence-electron chi connectivity index (χ2n) is 6.39. The molecule has 0 saturated carbocycles. The summed E-state index contributed by atoms with van der Waals surface area (Å²) in [5.41, 5.74) is 1.32. The van der Waals surface area contributed by atoms with Gasteiger partial charge in [0, 0.05) is 37.6 Å². The van der Waals surface area contributed by atoms with E-state index in [4.69, 9.17) is 14.2 Å². The molecule has 0 radical (unpaired) electrons. The maximum Gasteiger partial charge on any atom is 0.261 e. The van der Waals surface area contributed by atoms with Gasteiger partial charge in [-0.15, -0.1) is 0 Å². The van der Waals surface area contributed by atoms with Crippen molar-refractivity contribution in [3.63, 3.8) is 0 Å². The Bertz CT molecular complexity index is 956. The molecule has 1 aliphatic rings. The van der Waals surface area contributed by atoms with Crippen LogP contribution in [-0.2, 0) is 4.74 Å². The van der Waals surface area contributed by atoms with E-state index in [1.807, 2.05) is 0 Å². The molecule has 3 amide bonds. The maximum absolute atomic E-state index is 12.6. The van der Waals surface area contributed by atoms with Gasteiger partial charge in [-0.1, -0.05) is 0 Å². The summed E-state index contributed by atoms with van der Waals surface area (Å²) in [4.78, 5) is 38.9. The van der Waals surface area contributed by atoms with Crippen LogP contribution < -0.4 is 14.8 Å². The molecule has 0 aliphatic carbocycles. The van der Waals surface area contributed by atoms with Crippen molar-refractivity contribution in [2.45, 2.75) is 6.42 Å². The number of hydrogen-bond acceptors (Lipinski definition) is 6. The standard InChI is InChI=1S/C21H22N2O6/c1-27-10-4-9-23-20(25)15-7-5-13(11-16(15)21(23)26)19(24)22-14-6-8-17(28-2)18(12-14)29-3/h5-8,11-12H,4,9-10H2,1-3H3,(H,22,24). The van der Waals surface area contributed by atoms with E-state index in [0.29, 0.717) is 35.8 Å². The summed E-state index contributed by atoms with van der Waals surface area (Å²) < 4.78 is 15.4. The summed E-state index contributed by atoms with van der Waals surface area (Å²) in [6, 6.07) is 9.47. The number of hydrogen-bond donors (Lipinski definition) is 1. The van der Waals surface area contributed by atoms with Gasteiger partial charge in [0.2, 0.25) is 0 Å².